The third kappa shape index (κ3) is 2.32. The molecule has 0 atom stereocenters. The fourth-order valence-corrected chi connectivity index (χ4v) is 2.24. The van der Waals surface area contributed by atoms with Crippen LogP contribution in [0.1, 0.15) is 19.8 Å². The van der Waals surface area contributed by atoms with Gasteiger partial charge in [0, 0.05) is 23.8 Å². The van der Waals surface area contributed by atoms with E-state index in [1.807, 2.05) is 12.1 Å². The molecule has 0 aromatic carbocycles. The molecule has 15 heavy (non-hydrogen) atoms. The second kappa shape index (κ2) is 4.10. The maximum absolute atomic E-state index is 10.0. The van der Waals surface area contributed by atoms with Crippen molar-refractivity contribution in [1.29, 1.82) is 0 Å². The van der Waals surface area contributed by atoms with Crippen molar-refractivity contribution in [2.45, 2.75) is 25.4 Å². The number of aliphatic hydroxyl groups is 1. The van der Waals surface area contributed by atoms with Crippen LogP contribution in [0.15, 0.2) is 22.8 Å². The number of pyridine rings is 1. The highest BCUT2D eigenvalue weighted by Crippen LogP contribution is 2.29. The Morgan fingerprint density at radius 1 is 1.53 bits per heavy atom. The second-order valence-electron chi connectivity index (χ2n) is 4.17. The van der Waals surface area contributed by atoms with Gasteiger partial charge in [-0.2, -0.15) is 0 Å². The Morgan fingerprint density at radius 3 is 2.80 bits per heavy atom. The minimum Gasteiger partial charge on any atom is -0.386 e. The second-order valence-corrected chi connectivity index (χ2v) is 5.08. The van der Waals surface area contributed by atoms with Crippen molar-refractivity contribution in [2.75, 3.05) is 18.0 Å². The Balaban J connectivity index is 1.97. The fourth-order valence-electron chi connectivity index (χ4n) is 2.00. The van der Waals surface area contributed by atoms with Crippen LogP contribution in [0.25, 0.3) is 0 Å². The highest BCUT2D eigenvalue weighted by molar-refractivity contribution is 9.10. The Labute approximate surface area is 98.3 Å². The number of β-amino-alcohol motifs (C(OH)–C–C–N with tert-alkyl or cyclic N) is 1. The molecule has 1 fully saturated rings. The zero-order chi connectivity index (χ0) is 10.9. The van der Waals surface area contributed by atoms with E-state index in [-0.39, 0.29) is 0 Å². The summed E-state index contributed by atoms with van der Waals surface area (Å²) in [5.41, 5.74) is -0.483. The SMILES string of the molecule is CCCC1(O)CN(c2ccc(Br)cn2)C1. The lowest BCUT2D eigenvalue weighted by Crippen LogP contribution is -2.62. The Kier molecular flexibility index (Phi) is 2.98. The van der Waals surface area contributed by atoms with E-state index >= 15 is 0 Å². The van der Waals surface area contributed by atoms with Gasteiger partial charge >= 0.3 is 0 Å². The third-order valence-electron chi connectivity index (χ3n) is 2.72. The molecule has 0 amide bonds. The quantitative estimate of drug-likeness (QED) is 0.915. The molecule has 1 N–H and O–H groups in total. The summed E-state index contributed by atoms with van der Waals surface area (Å²) in [4.78, 5) is 6.39. The van der Waals surface area contributed by atoms with Gasteiger partial charge in [0.25, 0.3) is 0 Å². The Morgan fingerprint density at radius 2 is 2.27 bits per heavy atom. The van der Waals surface area contributed by atoms with Crippen LogP contribution in [0.3, 0.4) is 0 Å². The van der Waals surface area contributed by atoms with E-state index in [1.54, 1.807) is 6.20 Å². The summed E-state index contributed by atoms with van der Waals surface area (Å²) in [6.07, 6.45) is 3.69. The van der Waals surface area contributed by atoms with E-state index in [1.165, 1.54) is 0 Å². The Hall–Kier alpha value is -0.610. The summed E-state index contributed by atoms with van der Waals surface area (Å²) < 4.78 is 0.982. The van der Waals surface area contributed by atoms with E-state index in [0.29, 0.717) is 13.1 Å². The first kappa shape index (κ1) is 10.9. The average molecular weight is 271 g/mol. The van der Waals surface area contributed by atoms with Gasteiger partial charge in [-0.1, -0.05) is 13.3 Å². The molecule has 0 saturated carbocycles. The molecule has 82 valence electrons. The number of hydrogen-bond acceptors (Lipinski definition) is 3. The largest absolute Gasteiger partial charge is 0.386 e. The van der Waals surface area contributed by atoms with Crippen molar-refractivity contribution in [2.24, 2.45) is 0 Å². The molecule has 0 spiro atoms. The Bertz CT molecular complexity index is 333. The molecule has 1 aliphatic heterocycles. The predicted octanol–water partition coefficient (Wildman–Crippen LogP) is 2.20. The number of nitrogens with zero attached hydrogens (tertiary/aromatic N) is 2. The number of halogens is 1. The summed E-state index contributed by atoms with van der Waals surface area (Å²) in [5.74, 6) is 0.943. The van der Waals surface area contributed by atoms with Crippen LogP contribution in [0, 0.1) is 0 Å². The maximum Gasteiger partial charge on any atom is 0.128 e. The smallest absolute Gasteiger partial charge is 0.128 e. The first-order valence-corrected chi connectivity index (χ1v) is 6.01. The number of hydrogen-bond donors (Lipinski definition) is 1. The van der Waals surface area contributed by atoms with Gasteiger partial charge in [0.05, 0.1) is 5.60 Å². The zero-order valence-corrected chi connectivity index (χ0v) is 10.4. The van der Waals surface area contributed by atoms with Gasteiger partial charge in [0.15, 0.2) is 0 Å². The molecule has 4 heteroatoms. The van der Waals surface area contributed by atoms with Crippen LogP contribution in [0.2, 0.25) is 0 Å². The van der Waals surface area contributed by atoms with Gasteiger partial charge in [-0.3, -0.25) is 0 Å². The van der Waals surface area contributed by atoms with Crippen molar-refractivity contribution in [3.8, 4) is 0 Å². The molecule has 0 radical (unpaired) electrons. The molecule has 2 heterocycles. The minimum absolute atomic E-state index is 0.483. The van der Waals surface area contributed by atoms with Crippen LogP contribution in [0.5, 0.6) is 0 Å². The van der Waals surface area contributed by atoms with Gasteiger partial charge in [-0.25, -0.2) is 4.98 Å². The lowest BCUT2D eigenvalue weighted by atomic mass is 9.89. The monoisotopic (exact) mass is 270 g/mol. The molecular formula is C11H15BrN2O. The van der Waals surface area contributed by atoms with Gasteiger partial charge < -0.3 is 10.0 Å². The minimum atomic E-state index is -0.483. The molecule has 2 rings (SSSR count). The molecule has 3 nitrogen and oxygen atoms in total. The topological polar surface area (TPSA) is 36.4 Å². The van der Waals surface area contributed by atoms with E-state index in [2.05, 4.69) is 32.7 Å². The standard InChI is InChI=1S/C11H15BrN2O/c1-2-5-11(15)7-14(8-11)10-4-3-9(12)6-13-10/h3-4,6,15H,2,5,7-8H2,1H3. The summed E-state index contributed by atoms with van der Waals surface area (Å²) in [6.45, 7) is 3.50. The molecular weight excluding hydrogens is 256 g/mol. The van der Waals surface area contributed by atoms with Crippen molar-refractivity contribution < 1.29 is 5.11 Å². The molecule has 0 unspecified atom stereocenters. The summed E-state index contributed by atoms with van der Waals surface area (Å²) in [6, 6.07) is 3.94. The van der Waals surface area contributed by atoms with Crippen molar-refractivity contribution in [1.82, 2.24) is 4.98 Å². The molecule has 0 bridgehead atoms. The highest BCUT2D eigenvalue weighted by atomic mass is 79.9. The van der Waals surface area contributed by atoms with Crippen LogP contribution in [0.4, 0.5) is 5.82 Å². The molecule has 1 aromatic heterocycles. The van der Waals surface area contributed by atoms with E-state index < -0.39 is 5.60 Å². The maximum atomic E-state index is 10.0. The van der Waals surface area contributed by atoms with Gasteiger partial charge in [0.2, 0.25) is 0 Å². The van der Waals surface area contributed by atoms with Crippen molar-refractivity contribution in [3.05, 3.63) is 22.8 Å². The van der Waals surface area contributed by atoms with Crippen LogP contribution >= 0.6 is 15.9 Å². The lowest BCUT2D eigenvalue weighted by Gasteiger charge is -2.47. The number of anilines is 1. The first-order chi connectivity index (χ1) is 7.13. The average Bonchev–Trinajstić information content (AvgIpc) is 2.16. The number of aromatic nitrogens is 1. The number of rotatable bonds is 3. The summed E-state index contributed by atoms with van der Waals surface area (Å²) >= 11 is 3.35. The first-order valence-electron chi connectivity index (χ1n) is 5.22. The van der Waals surface area contributed by atoms with Gasteiger partial charge in [-0.05, 0) is 34.5 Å². The third-order valence-corrected chi connectivity index (χ3v) is 3.19. The van der Waals surface area contributed by atoms with Gasteiger partial charge in [-0.15, -0.1) is 0 Å². The normalized spacial score (nSPS) is 18.7. The van der Waals surface area contributed by atoms with E-state index in [9.17, 15) is 5.11 Å². The predicted molar refractivity (Wildman–Crippen MR) is 64.0 cm³/mol. The van der Waals surface area contributed by atoms with Crippen LogP contribution in [-0.2, 0) is 0 Å². The molecule has 0 aliphatic carbocycles. The molecule has 1 aliphatic rings. The summed E-state index contributed by atoms with van der Waals surface area (Å²) in [7, 11) is 0. The highest BCUT2D eigenvalue weighted by Gasteiger charge is 2.40. The van der Waals surface area contributed by atoms with E-state index in [4.69, 9.17) is 0 Å². The van der Waals surface area contributed by atoms with Gasteiger partial charge in [0.1, 0.15) is 5.82 Å². The van der Waals surface area contributed by atoms with Crippen molar-refractivity contribution >= 4 is 21.7 Å². The van der Waals surface area contributed by atoms with E-state index in [0.717, 1.165) is 23.1 Å². The fraction of sp³-hybridized carbons (Fsp3) is 0.545. The molecule has 1 aromatic rings. The van der Waals surface area contributed by atoms with Crippen LogP contribution < -0.4 is 4.90 Å². The van der Waals surface area contributed by atoms with Crippen molar-refractivity contribution in [3.63, 3.8) is 0 Å². The zero-order valence-electron chi connectivity index (χ0n) is 8.78. The lowest BCUT2D eigenvalue weighted by molar-refractivity contribution is 0.00295. The molecule has 1 saturated heterocycles. The van der Waals surface area contributed by atoms with Crippen LogP contribution in [-0.4, -0.2) is 28.8 Å². The summed E-state index contributed by atoms with van der Waals surface area (Å²) in [5, 5.41) is 10.0.